The molecule has 1 fully saturated rings. The molecule has 2 rings (SSSR count). The van der Waals surface area contributed by atoms with Gasteiger partial charge in [-0.2, -0.15) is 5.26 Å². The van der Waals surface area contributed by atoms with Gasteiger partial charge in [0.05, 0.1) is 31.4 Å². The van der Waals surface area contributed by atoms with Crippen molar-refractivity contribution in [1.29, 1.82) is 5.26 Å². The molecule has 0 radical (unpaired) electrons. The smallest absolute Gasteiger partial charge is 0.292 e. The second-order valence-electron chi connectivity index (χ2n) is 4.99. The van der Waals surface area contributed by atoms with Crippen molar-refractivity contribution in [2.24, 2.45) is 0 Å². The van der Waals surface area contributed by atoms with Crippen LogP contribution in [0.25, 0.3) is 0 Å². The third kappa shape index (κ3) is 4.55. The molecule has 0 saturated carbocycles. The molecular weight excluding hydrogens is 272 g/mol. The van der Waals surface area contributed by atoms with Gasteiger partial charge in [-0.3, -0.25) is 9.69 Å². The van der Waals surface area contributed by atoms with Crippen LogP contribution in [0.2, 0.25) is 0 Å². The number of nitriles is 1. The molecule has 1 aromatic heterocycles. The van der Waals surface area contributed by atoms with Gasteiger partial charge < -0.3 is 14.2 Å². The molecule has 0 atom stereocenters. The quantitative estimate of drug-likeness (QED) is 0.766. The van der Waals surface area contributed by atoms with Gasteiger partial charge in [0.15, 0.2) is 0 Å². The third-order valence-corrected chi connectivity index (χ3v) is 3.41. The largest absolute Gasteiger partial charge is 0.379 e. The van der Waals surface area contributed by atoms with Crippen LogP contribution >= 0.6 is 0 Å². The highest BCUT2D eigenvalue weighted by atomic mass is 16.5. The number of carbonyl (C=O) groups excluding carboxylic acids is 1. The predicted molar refractivity (Wildman–Crippen MR) is 74.6 cm³/mol. The lowest BCUT2D eigenvalue weighted by Gasteiger charge is -2.29. The summed E-state index contributed by atoms with van der Waals surface area (Å²) < 4.78 is 10.3. The zero-order valence-electron chi connectivity index (χ0n) is 12.2. The normalized spacial score (nSPS) is 15.6. The highest BCUT2D eigenvalue weighted by Crippen LogP contribution is 2.08. The van der Waals surface area contributed by atoms with Crippen LogP contribution in [0.15, 0.2) is 10.6 Å². The first-order valence-electron chi connectivity index (χ1n) is 7.10. The molecular formula is C14H20N4O3. The number of aryl methyl sites for hydroxylation is 1. The van der Waals surface area contributed by atoms with Gasteiger partial charge in [0.25, 0.3) is 5.91 Å². The van der Waals surface area contributed by atoms with E-state index in [-0.39, 0.29) is 11.7 Å². The predicted octanol–water partition coefficient (Wildman–Crippen LogP) is 0.671. The monoisotopic (exact) mass is 292 g/mol. The summed E-state index contributed by atoms with van der Waals surface area (Å²) in [4.78, 5) is 16.3. The minimum Gasteiger partial charge on any atom is -0.379 e. The first kappa shape index (κ1) is 15.5. The highest BCUT2D eigenvalue weighted by Gasteiger charge is 2.21. The molecule has 114 valence electrons. The van der Waals surface area contributed by atoms with Crippen molar-refractivity contribution >= 4 is 5.91 Å². The summed E-state index contributed by atoms with van der Waals surface area (Å²) in [6.45, 7) is 6.73. The number of hydrogen-bond acceptors (Lipinski definition) is 6. The number of amides is 1. The number of aromatic nitrogens is 1. The maximum Gasteiger partial charge on any atom is 0.292 e. The molecule has 0 N–H and O–H groups in total. The summed E-state index contributed by atoms with van der Waals surface area (Å²) in [5.74, 6) is 0.0199. The maximum atomic E-state index is 12.4. The van der Waals surface area contributed by atoms with E-state index < -0.39 is 0 Å². The standard InChI is InChI=1S/C14H20N4O3/c1-12-11-13(21-16-12)14(19)18(4-2-3-15)6-5-17-7-9-20-10-8-17/h11H,2,4-10H2,1H3. The summed E-state index contributed by atoms with van der Waals surface area (Å²) in [6, 6.07) is 3.70. The van der Waals surface area contributed by atoms with Crippen LogP contribution in [0.4, 0.5) is 0 Å². The van der Waals surface area contributed by atoms with E-state index in [2.05, 4.69) is 16.1 Å². The second-order valence-corrected chi connectivity index (χ2v) is 4.99. The minimum absolute atomic E-state index is 0.209. The summed E-state index contributed by atoms with van der Waals surface area (Å²) >= 11 is 0. The van der Waals surface area contributed by atoms with E-state index in [0.717, 1.165) is 32.8 Å². The van der Waals surface area contributed by atoms with Crippen molar-refractivity contribution in [2.45, 2.75) is 13.3 Å². The molecule has 0 bridgehead atoms. The van der Waals surface area contributed by atoms with Crippen LogP contribution in [0.5, 0.6) is 0 Å². The molecule has 7 nitrogen and oxygen atoms in total. The van der Waals surface area contributed by atoms with Gasteiger partial charge in [-0.25, -0.2) is 0 Å². The summed E-state index contributed by atoms with van der Waals surface area (Å²) in [5.41, 5.74) is 0.673. The molecule has 1 saturated heterocycles. The van der Waals surface area contributed by atoms with Gasteiger partial charge >= 0.3 is 0 Å². The summed E-state index contributed by atoms with van der Waals surface area (Å²) in [6.07, 6.45) is 0.308. The fourth-order valence-electron chi connectivity index (χ4n) is 2.21. The van der Waals surface area contributed by atoms with Crippen molar-refractivity contribution in [3.05, 3.63) is 17.5 Å². The first-order valence-corrected chi connectivity index (χ1v) is 7.10. The maximum absolute atomic E-state index is 12.4. The molecule has 0 unspecified atom stereocenters. The number of nitrogens with zero attached hydrogens (tertiary/aromatic N) is 4. The Morgan fingerprint density at radius 2 is 2.24 bits per heavy atom. The Balaban J connectivity index is 1.93. The summed E-state index contributed by atoms with van der Waals surface area (Å²) in [5, 5.41) is 12.5. The Hall–Kier alpha value is -1.91. The number of rotatable bonds is 6. The van der Waals surface area contributed by atoms with Gasteiger partial charge in [0.2, 0.25) is 5.76 Å². The molecule has 0 aromatic carbocycles. The van der Waals surface area contributed by atoms with E-state index in [1.807, 2.05) is 0 Å². The van der Waals surface area contributed by atoms with Crippen LogP contribution in [0.3, 0.4) is 0 Å². The van der Waals surface area contributed by atoms with Crippen LogP contribution in [0, 0.1) is 18.3 Å². The minimum atomic E-state index is -0.209. The highest BCUT2D eigenvalue weighted by molar-refractivity contribution is 5.91. The average molecular weight is 292 g/mol. The van der Waals surface area contributed by atoms with Crippen molar-refractivity contribution in [1.82, 2.24) is 15.0 Å². The molecule has 1 amide bonds. The zero-order valence-corrected chi connectivity index (χ0v) is 12.2. The molecule has 0 spiro atoms. The van der Waals surface area contributed by atoms with Crippen LogP contribution < -0.4 is 0 Å². The Bertz CT molecular complexity index is 503. The molecule has 1 aliphatic heterocycles. The summed E-state index contributed by atoms with van der Waals surface area (Å²) in [7, 11) is 0. The van der Waals surface area contributed by atoms with E-state index in [9.17, 15) is 4.79 Å². The van der Waals surface area contributed by atoms with Crippen LogP contribution in [-0.2, 0) is 4.74 Å². The van der Waals surface area contributed by atoms with Crippen LogP contribution in [0.1, 0.15) is 22.7 Å². The van der Waals surface area contributed by atoms with Crippen molar-refractivity contribution in [3.63, 3.8) is 0 Å². The van der Waals surface area contributed by atoms with Gasteiger partial charge in [0.1, 0.15) is 0 Å². The lowest BCUT2D eigenvalue weighted by atomic mass is 10.3. The third-order valence-electron chi connectivity index (χ3n) is 3.41. The van der Waals surface area contributed by atoms with Crippen LogP contribution in [-0.4, -0.2) is 66.8 Å². The molecule has 1 aromatic rings. The fraction of sp³-hybridized carbons (Fsp3) is 0.643. The topological polar surface area (TPSA) is 82.6 Å². The number of morpholine rings is 1. The number of hydrogen-bond donors (Lipinski definition) is 0. The first-order chi connectivity index (χ1) is 10.2. The van der Waals surface area contributed by atoms with E-state index in [1.54, 1.807) is 17.9 Å². The van der Waals surface area contributed by atoms with Gasteiger partial charge in [-0.1, -0.05) is 5.16 Å². The van der Waals surface area contributed by atoms with E-state index in [1.165, 1.54) is 0 Å². The number of ether oxygens (including phenoxy) is 1. The molecule has 2 heterocycles. The molecule has 1 aliphatic rings. The Morgan fingerprint density at radius 3 is 2.86 bits per heavy atom. The molecule has 21 heavy (non-hydrogen) atoms. The van der Waals surface area contributed by atoms with E-state index in [4.69, 9.17) is 14.5 Å². The lowest BCUT2D eigenvalue weighted by molar-refractivity contribution is 0.0321. The van der Waals surface area contributed by atoms with Crippen molar-refractivity contribution < 1.29 is 14.1 Å². The van der Waals surface area contributed by atoms with Gasteiger partial charge in [-0.15, -0.1) is 0 Å². The Kier molecular flexibility index (Phi) is 5.72. The van der Waals surface area contributed by atoms with E-state index in [0.29, 0.717) is 25.2 Å². The molecule has 0 aliphatic carbocycles. The Morgan fingerprint density at radius 1 is 1.48 bits per heavy atom. The number of carbonyl (C=O) groups is 1. The second kappa shape index (κ2) is 7.76. The fourth-order valence-corrected chi connectivity index (χ4v) is 2.21. The van der Waals surface area contributed by atoms with E-state index >= 15 is 0 Å². The van der Waals surface area contributed by atoms with Gasteiger partial charge in [-0.05, 0) is 6.92 Å². The average Bonchev–Trinajstić information content (AvgIpc) is 2.94. The van der Waals surface area contributed by atoms with Crippen molar-refractivity contribution in [2.75, 3.05) is 45.9 Å². The zero-order chi connectivity index (χ0) is 15.1. The van der Waals surface area contributed by atoms with Crippen molar-refractivity contribution in [3.8, 4) is 6.07 Å². The SMILES string of the molecule is Cc1cc(C(=O)N(CCC#N)CCN2CCOCC2)on1. The Labute approximate surface area is 124 Å². The lowest BCUT2D eigenvalue weighted by Crippen LogP contribution is -2.43. The van der Waals surface area contributed by atoms with Gasteiger partial charge in [0, 0.05) is 38.8 Å². The molecule has 7 heteroatoms.